The molecule has 0 unspecified atom stereocenters. The van der Waals surface area contributed by atoms with Crippen molar-refractivity contribution in [1.82, 2.24) is 0 Å². The monoisotopic (exact) mass is 1960 g/mol. The lowest BCUT2D eigenvalue weighted by Gasteiger charge is -2.23. The van der Waals surface area contributed by atoms with Gasteiger partial charge in [0.1, 0.15) is 76.8 Å². The predicted molar refractivity (Wildman–Crippen MR) is 539 cm³/mol. The minimum atomic E-state index is -0.671. The zero-order valence-electron chi connectivity index (χ0n) is 84.3. The molecule has 0 saturated heterocycles. The van der Waals surface area contributed by atoms with Crippen molar-refractivity contribution in [3.05, 3.63) is 294 Å². The van der Waals surface area contributed by atoms with Crippen molar-refractivity contribution in [2.24, 2.45) is 0 Å². The Morgan fingerprint density at radius 3 is 0.462 bits per heavy atom. The summed E-state index contributed by atoms with van der Waals surface area (Å²) in [5.41, 5.74) is 22.5. The van der Waals surface area contributed by atoms with Gasteiger partial charge in [0.15, 0.2) is 0 Å². The number of carbonyl (C=O) groups excluding carboxylic acids is 11. The van der Waals surface area contributed by atoms with Gasteiger partial charge in [-0.1, -0.05) is 130 Å². The van der Waals surface area contributed by atoms with Crippen LogP contribution in [0, 0.1) is 0 Å². The molecule has 0 fully saturated rings. The van der Waals surface area contributed by atoms with Crippen molar-refractivity contribution in [2.75, 3.05) is 117 Å². The van der Waals surface area contributed by atoms with Crippen molar-refractivity contribution >= 4 is 65.3 Å². The fourth-order valence-electron chi connectivity index (χ4n) is 18.3. The van der Waals surface area contributed by atoms with E-state index in [9.17, 15) is 52.7 Å². The molecule has 0 spiro atoms. The number of hydrogen-bond acceptors (Lipinski definition) is 28. The molecule has 0 aromatic heterocycles. The standard InChI is InChI=1S/C58H68O15.C57H66O13/c1-9-50(60)70-19-11-15-38-24-42-32-46-28-40(17-13-21-72-53(63)23-37(3)59)29-47(57(46)68-7)33-43-25-39(16-12-20-71-51(61)10-2)27-45(56(43)67-6)35-49-31-41(18-14-22-73-54(64)36-52(62)65-4)30-48(58(49)69-8)34-44(26-38)55(42)66-5;1-9-50(59)67-20-12-16-38-25-42-33-44-27-39(17-13-21-68-51(60)10-2)29-46(55(44)64-6)35-48-31-41(19-15-23-70-53(62)24-37(4)58)32-49(57(48)66-8)36-47-30-40(18-14-22-69-52(61)11-3)28-45(56(47)65-7)34-43(26-38)54(42)63-5/h9-10,24-31H,1-2,11-23,32-36H2,3-8H3;9-11,25-32H,1-3,12-24,33-36H2,4-8H3. The van der Waals surface area contributed by atoms with Crippen LogP contribution in [-0.4, -0.2) is 182 Å². The topological polar surface area (TPSA) is 345 Å². The molecular weight excluding hydrogens is 1830 g/mol. The van der Waals surface area contributed by atoms with Crippen LogP contribution in [0.15, 0.2) is 160 Å². The molecule has 0 amide bonds. The summed E-state index contributed by atoms with van der Waals surface area (Å²) in [5, 5.41) is 0. The lowest BCUT2D eigenvalue weighted by Crippen LogP contribution is -2.13. The molecule has 8 aromatic rings. The Hall–Kier alpha value is -14.6. The molecule has 8 aromatic carbocycles. The number of ether oxygens (including phenoxy) is 17. The number of esters is 9. The second kappa shape index (κ2) is 58.0. The number of ketones is 2. The van der Waals surface area contributed by atoms with E-state index in [1.54, 1.807) is 56.9 Å². The van der Waals surface area contributed by atoms with E-state index in [2.05, 4.69) is 135 Å². The van der Waals surface area contributed by atoms with Crippen LogP contribution >= 0.6 is 0 Å². The van der Waals surface area contributed by atoms with Gasteiger partial charge in [-0.15, -0.1) is 0 Å². The number of rotatable bonds is 51. The minimum Gasteiger partial charge on any atom is -0.496 e. The van der Waals surface area contributed by atoms with E-state index < -0.39 is 60.1 Å². The fourth-order valence-corrected chi connectivity index (χ4v) is 18.3. The van der Waals surface area contributed by atoms with E-state index >= 15 is 0 Å². The third-order valence-electron chi connectivity index (χ3n) is 24.1. The number of aryl methyl sites for hydroxylation is 8. The highest BCUT2D eigenvalue weighted by Crippen LogP contribution is 2.45. The third kappa shape index (κ3) is 34.4. The summed E-state index contributed by atoms with van der Waals surface area (Å²) in [4.78, 5) is 131. The van der Waals surface area contributed by atoms with Gasteiger partial charge in [-0.2, -0.15) is 0 Å². The Bertz CT molecular complexity index is 5640. The SMILES string of the molecule is C=CC(=O)OCCCc1cc2c(OC)c(c1)Cc1cc(CCCOC(=O)C=C)cc(c1OC)Cc1cc(CCCOC(=O)CC(C)=O)cc(c1OC)Cc1cc(CCCOC(=O)C=C)cc(c1OC)C2.C=CC(=O)OCCCc1cc2c(OC)c(c1)Cc1cc(CCCOC(=O)CC(=O)OC)cc(c1OC)Cc1cc(CCCOC(=O)C=C)cc(c1OC)Cc1cc(CCCOC(=O)CC(C)=O)cc(c1OC)C2. The summed E-state index contributed by atoms with van der Waals surface area (Å²) in [6.45, 7) is 21.8. The summed E-state index contributed by atoms with van der Waals surface area (Å²) in [6, 6.07) is 34.0. The van der Waals surface area contributed by atoms with Crippen LogP contribution in [0.25, 0.3) is 0 Å². The molecule has 0 N–H and O–H groups in total. The van der Waals surface area contributed by atoms with E-state index in [1.807, 2.05) is 0 Å². The van der Waals surface area contributed by atoms with Crippen molar-refractivity contribution in [1.29, 1.82) is 0 Å². The Kier molecular flexibility index (Phi) is 45.4. The molecular formula is C115H134O28. The van der Waals surface area contributed by atoms with E-state index in [-0.39, 0.29) is 77.3 Å². The number of carbonyl (C=O) groups is 11. The molecule has 10 rings (SSSR count). The van der Waals surface area contributed by atoms with Crippen molar-refractivity contribution < 1.29 is 133 Å². The quantitative estimate of drug-likeness (QED) is 0.0112. The van der Waals surface area contributed by atoms with Crippen LogP contribution in [-0.2, 0) is 198 Å². The average Bonchev–Trinajstić information content (AvgIpc) is 0.774. The van der Waals surface area contributed by atoms with Crippen LogP contribution in [0.1, 0.15) is 218 Å². The molecule has 143 heavy (non-hydrogen) atoms. The molecule has 28 heteroatoms. The largest absolute Gasteiger partial charge is 0.496 e. The predicted octanol–water partition coefficient (Wildman–Crippen LogP) is 17.1. The van der Waals surface area contributed by atoms with E-state index in [4.69, 9.17) is 75.8 Å². The van der Waals surface area contributed by atoms with Gasteiger partial charge in [-0.3, -0.25) is 28.8 Å². The number of hydrogen-bond donors (Lipinski definition) is 0. The number of methoxy groups -OCH3 is 9. The van der Waals surface area contributed by atoms with Gasteiger partial charge in [-0.05, 0) is 250 Å². The van der Waals surface area contributed by atoms with Crippen molar-refractivity contribution in [2.45, 2.75) is 187 Å². The first-order valence-corrected chi connectivity index (χ1v) is 48.0. The van der Waals surface area contributed by atoms with Crippen LogP contribution in [0.3, 0.4) is 0 Å². The third-order valence-corrected chi connectivity index (χ3v) is 24.1. The van der Waals surface area contributed by atoms with Gasteiger partial charge < -0.3 is 80.5 Å². The summed E-state index contributed by atoms with van der Waals surface area (Å²) >= 11 is 0. The van der Waals surface area contributed by atoms with E-state index in [0.29, 0.717) is 200 Å². The van der Waals surface area contributed by atoms with Crippen molar-refractivity contribution in [3.63, 3.8) is 0 Å². The van der Waals surface area contributed by atoms with Gasteiger partial charge in [0.25, 0.3) is 0 Å². The molecule has 0 radical (unpaired) electrons. The molecule has 0 saturated carbocycles. The molecule has 0 aliphatic heterocycles. The van der Waals surface area contributed by atoms with E-state index in [0.717, 1.165) is 164 Å². The van der Waals surface area contributed by atoms with Crippen LogP contribution in [0.5, 0.6) is 46.0 Å². The Morgan fingerprint density at radius 1 is 0.210 bits per heavy atom. The molecule has 16 bridgehead atoms. The van der Waals surface area contributed by atoms with Crippen LogP contribution < -0.4 is 37.9 Å². The first kappa shape index (κ1) is 112. The highest BCUT2D eigenvalue weighted by molar-refractivity contribution is 5.95. The maximum absolute atomic E-state index is 12.3. The first-order valence-electron chi connectivity index (χ1n) is 48.0. The maximum Gasteiger partial charge on any atom is 0.330 e. The number of Topliss-reactive ketones (excluding diaryl/α,β-unsaturated/α-hetero) is 2. The lowest BCUT2D eigenvalue weighted by molar-refractivity contribution is -0.153. The maximum atomic E-state index is 12.3. The van der Waals surface area contributed by atoms with Gasteiger partial charge >= 0.3 is 53.7 Å². The zero-order chi connectivity index (χ0) is 103. The number of benzene rings is 8. The zero-order valence-corrected chi connectivity index (χ0v) is 84.3. The molecule has 0 heterocycles. The summed E-state index contributed by atoms with van der Waals surface area (Å²) in [5.74, 6) is 0.200. The minimum absolute atomic E-state index is 0.0924. The van der Waals surface area contributed by atoms with E-state index in [1.165, 1.54) is 21.0 Å². The molecule has 2 aliphatic rings. The lowest BCUT2D eigenvalue weighted by atomic mass is 9.87. The highest BCUT2D eigenvalue weighted by atomic mass is 16.6. The van der Waals surface area contributed by atoms with Crippen molar-refractivity contribution in [3.8, 4) is 46.0 Å². The molecule has 762 valence electrons. The van der Waals surface area contributed by atoms with Gasteiger partial charge in [0.05, 0.1) is 117 Å². The first-order chi connectivity index (χ1) is 69.0. The summed E-state index contributed by atoms with van der Waals surface area (Å²) in [6.07, 6.45) is 17.0. The molecule has 28 nitrogen and oxygen atoms in total. The Morgan fingerprint density at radius 2 is 0.343 bits per heavy atom. The number of fused-ring (bicyclic) bond motifs is 16. The van der Waals surface area contributed by atoms with Gasteiger partial charge in [0.2, 0.25) is 0 Å². The smallest absolute Gasteiger partial charge is 0.330 e. The Balaban J connectivity index is 0.000000319. The summed E-state index contributed by atoms with van der Waals surface area (Å²) < 4.78 is 98.3. The second-order valence-corrected chi connectivity index (χ2v) is 34.9. The van der Waals surface area contributed by atoms with Gasteiger partial charge in [0, 0.05) is 81.7 Å². The van der Waals surface area contributed by atoms with Crippen LogP contribution in [0.4, 0.5) is 0 Å². The van der Waals surface area contributed by atoms with Gasteiger partial charge in [-0.25, -0.2) is 24.0 Å². The molecule has 0 atom stereocenters. The summed E-state index contributed by atoms with van der Waals surface area (Å²) in [7, 11) is 14.5. The second-order valence-electron chi connectivity index (χ2n) is 34.9. The fraction of sp³-hybridized carbons (Fsp3) is 0.400. The normalized spacial score (nSPS) is 11.6. The highest BCUT2D eigenvalue weighted by Gasteiger charge is 2.29. The average molecular weight is 1960 g/mol. The molecule has 2 aliphatic carbocycles. The van der Waals surface area contributed by atoms with Crippen LogP contribution in [0.2, 0.25) is 0 Å². The Labute approximate surface area is 838 Å².